The van der Waals surface area contributed by atoms with E-state index in [2.05, 4.69) is 15.6 Å². The minimum Gasteiger partial charge on any atom is -0.370 e. The van der Waals surface area contributed by atoms with Crippen LogP contribution in [0.4, 0.5) is 14.5 Å². The summed E-state index contributed by atoms with van der Waals surface area (Å²) in [5.74, 6) is -1.63. The molecule has 0 heterocycles. The van der Waals surface area contributed by atoms with E-state index in [0.717, 1.165) is 31.0 Å². The Kier molecular flexibility index (Phi) is 6.11. The molecule has 1 amide bonds. The average molecular weight is 396 g/mol. The highest BCUT2D eigenvalue weighted by atomic mass is 127. The monoisotopic (exact) mass is 396 g/mol. The molecule has 0 radical (unpaired) electrons. The molecular formula is C12H15F2IN4O. The van der Waals surface area contributed by atoms with Gasteiger partial charge in [-0.15, -0.1) is 24.0 Å². The van der Waals surface area contributed by atoms with Gasteiger partial charge in [-0.05, 0) is 25.0 Å². The Balaban J connectivity index is 0.00000200. The number of aliphatic imine (C=N–C) groups is 1. The number of nitrogens with two attached hydrogens (primary N) is 1. The zero-order chi connectivity index (χ0) is 13.8. The first kappa shape index (κ1) is 16.6. The summed E-state index contributed by atoms with van der Waals surface area (Å²) in [6.45, 7) is -0.147. The smallest absolute Gasteiger partial charge is 0.242 e. The van der Waals surface area contributed by atoms with Gasteiger partial charge in [0.2, 0.25) is 5.91 Å². The Morgan fingerprint density at radius 1 is 1.40 bits per heavy atom. The number of hydrogen-bond acceptors (Lipinski definition) is 2. The highest BCUT2D eigenvalue weighted by molar-refractivity contribution is 14.0. The molecule has 1 aliphatic carbocycles. The minimum absolute atomic E-state index is 0. The van der Waals surface area contributed by atoms with Crippen LogP contribution in [0.1, 0.15) is 12.8 Å². The van der Waals surface area contributed by atoms with Crippen LogP contribution in [-0.2, 0) is 4.79 Å². The lowest BCUT2D eigenvalue weighted by Gasteiger charge is -2.07. The summed E-state index contributed by atoms with van der Waals surface area (Å²) in [5, 5.41) is 5.14. The predicted molar refractivity (Wildman–Crippen MR) is 83.0 cm³/mol. The van der Waals surface area contributed by atoms with Gasteiger partial charge >= 0.3 is 0 Å². The van der Waals surface area contributed by atoms with Crippen molar-refractivity contribution >= 4 is 41.5 Å². The van der Waals surface area contributed by atoms with Crippen molar-refractivity contribution < 1.29 is 13.6 Å². The second kappa shape index (κ2) is 7.36. The SMILES string of the molecule is I.NC(=NCC(=O)NC1CC1)Nc1cc(F)ccc1F. The van der Waals surface area contributed by atoms with Gasteiger partial charge in [0.05, 0.1) is 5.69 Å². The molecule has 0 saturated heterocycles. The third kappa shape index (κ3) is 5.27. The molecule has 0 atom stereocenters. The van der Waals surface area contributed by atoms with Gasteiger partial charge in [-0.1, -0.05) is 0 Å². The van der Waals surface area contributed by atoms with Gasteiger partial charge in [-0.25, -0.2) is 13.8 Å². The van der Waals surface area contributed by atoms with Crippen LogP contribution in [0.3, 0.4) is 0 Å². The summed E-state index contributed by atoms with van der Waals surface area (Å²) in [4.78, 5) is 15.1. The first-order valence-electron chi connectivity index (χ1n) is 5.86. The summed E-state index contributed by atoms with van der Waals surface area (Å²) in [6.07, 6.45) is 1.97. The van der Waals surface area contributed by atoms with Gasteiger partial charge in [-0.2, -0.15) is 0 Å². The minimum atomic E-state index is -0.651. The van der Waals surface area contributed by atoms with Crippen LogP contribution in [0, 0.1) is 11.6 Å². The lowest BCUT2D eigenvalue weighted by molar-refractivity contribution is -0.119. The van der Waals surface area contributed by atoms with E-state index in [1.165, 1.54) is 0 Å². The highest BCUT2D eigenvalue weighted by Gasteiger charge is 2.22. The van der Waals surface area contributed by atoms with Crippen molar-refractivity contribution in [2.45, 2.75) is 18.9 Å². The molecule has 1 saturated carbocycles. The molecule has 1 aromatic carbocycles. The summed E-state index contributed by atoms with van der Waals surface area (Å²) in [5.41, 5.74) is 5.37. The highest BCUT2D eigenvalue weighted by Crippen LogP contribution is 2.18. The van der Waals surface area contributed by atoms with E-state index in [0.29, 0.717) is 0 Å². The zero-order valence-corrected chi connectivity index (χ0v) is 12.9. The lowest BCUT2D eigenvalue weighted by Crippen LogP contribution is -2.30. The Labute approximate surface area is 132 Å². The fourth-order valence-electron chi connectivity index (χ4n) is 1.43. The molecule has 1 aliphatic rings. The first-order chi connectivity index (χ1) is 9.04. The van der Waals surface area contributed by atoms with Crippen LogP contribution in [0.5, 0.6) is 0 Å². The third-order valence-corrected chi connectivity index (χ3v) is 2.53. The molecule has 0 aromatic heterocycles. The molecule has 20 heavy (non-hydrogen) atoms. The van der Waals surface area contributed by atoms with E-state index in [1.54, 1.807) is 0 Å². The van der Waals surface area contributed by atoms with Crippen LogP contribution < -0.4 is 16.4 Å². The number of carbonyl (C=O) groups excluding carboxylic acids is 1. The molecule has 0 aliphatic heterocycles. The third-order valence-electron chi connectivity index (χ3n) is 2.53. The topological polar surface area (TPSA) is 79.5 Å². The van der Waals surface area contributed by atoms with Crippen molar-refractivity contribution in [1.82, 2.24) is 5.32 Å². The molecule has 0 bridgehead atoms. The molecule has 0 unspecified atom stereocenters. The molecule has 2 rings (SSSR count). The Bertz CT molecular complexity index is 520. The number of nitrogens with one attached hydrogen (secondary N) is 2. The van der Waals surface area contributed by atoms with Crippen molar-refractivity contribution in [3.63, 3.8) is 0 Å². The van der Waals surface area contributed by atoms with Gasteiger partial charge < -0.3 is 16.4 Å². The maximum absolute atomic E-state index is 13.3. The standard InChI is InChI=1S/C12H14F2N4O.HI/c13-7-1-4-9(14)10(5-7)18-12(15)16-6-11(19)17-8-2-3-8;/h1,4-5,8H,2-3,6H2,(H,17,19)(H3,15,16,18);1H. The fourth-order valence-corrected chi connectivity index (χ4v) is 1.43. The van der Waals surface area contributed by atoms with E-state index in [9.17, 15) is 13.6 Å². The number of amides is 1. The number of guanidine groups is 1. The molecule has 1 fully saturated rings. The molecule has 110 valence electrons. The number of halogens is 3. The first-order valence-corrected chi connectivity index (χ1v) is 5.86. The van der Waals surface area contributed by atoms with E-state index in [1.807, 2.05) is 0 Å². The van der Waals surface area contributed by atoms with E-state index in [4.69, 9.17) is 5.73 Å². The van der Waals surface area contributed by atoms with Gasteiger partial charge in [0.25, 0.3) is 0 Å². The normalized spacial score (nSPS) is 14.4. The molecule has 0 spiro atoms. The predicted octanol–water partition coefficient (Wildman–Crippen LogP) is 1.59. The van der Waals surface area contributed by atoms with E-state index in [-0.39, 0.29) is 54.1 Å². The summed E-state index contributed by atoms with van der Waals surface area (Å²) < 4.78 is 26.2. The number of rotatable bonds is 4. The fraction of sp³-hybridized carbons (Fsp3) is 0.333. The summed E-state index contributed by atoms with van der Waals surface area (Å²) in [7, 11) is 0. The molecule has 8 heteroatoms. The number of nitrogens with zero attached hydrogens (tertiary/aromatic N) is 1. The van der Waals surface area contributed by atoms with Crippen LogP contribution >= 0.6 is 24.0 Å². The maximum Gasteiger partial charge on any atom is 0.242 e. The average Bonchev–Trinajstić information content (AvgIpc) is 3.15. The molecule has 4 N–H and O–H groups in total. The zero-order valence-electron chi connectivity index (χ0n) is 10.5. The lowest BCUT2D eigenvalue weighted by atomic mass is 10.3. The van der Waals surface area contributed by atoms with Crippen LogP contribution in [0.15, 0.2) is 23.2 Å². The van der Waals surface area contributed by atoms with Gasteiger partial charge in [-0.3, -0.25) is 4.79 Å². The van der Waals surface area contributed by atoms with Gasteiger partial charge in [0, 0.05) is 12.1 Å². The number of benzene rings is 1. The molecular weight excluding hydrogens is 381 g/mol. The maximum atomic E-state index is 13.3. The molecule has 1 aromatic rings. The van der Waals surface area contributed by atoms with Gasteiger partial charge in [0.15, 0.2) is 5.96 Å². The number of carbonyl (C=O) groups is 1. The summed E-state index contributed by atoms with van der Waals surface area (Å²) >= 11 is 0. The van der Waals surface area contributed by atoms with Crippen molar-refractivity contribution in [1.29, 1.82) is 0 Å². The largest absolute Gasteiger partial charge is 0.370 e. The second-order valence-corrected chi connectivity index (χ2v) is 4.29. The van der Waals surface area contributed by atoms with Crippen molar-refractivity contribution in [2.75, 3.05) is 11.9 Å². The van der Waals surface area contributed by atoms with Crippen LogP contribution in [0.25, 0.3) is 0 Å². The van der Waals surface area contributed by atoms with Gasteiger partial charge in [0.1, 0.15) is 18.2 Å². The van der Waals surface area contributed by atoms with Crippen molar-refractivity contribution in [3.05, 3.63) is 29.8 Å². The summed E-state index contributed by atoms with van der Waals surface area (Å²) in [6, 6.07) is 3.18. The quantitative estimate of drug-likeness (QED) is 0.411. The van der Waals surface area contributed by atoms with Crippen molar-refractivity contribution in [3.8, 4) is 0 Å². The number of hydrogen-bond donors (Lipinski definition) is 3. The van der Waals surface area contributed by atoms with E-state index >= 15 is 0 Å². The van der Waals surface area contributed by atoms with Crippen LogP contribution in [0.2, 0.25) is 0 Å². The Morgan fingerprint density at radius 2 is 2.10 bits per heavy atom. The van der Waals surface area contributed by atoms with E-state index < -0.39 is 11.6 Å². The second-order valence-electron chi connectivity index (χ2n) is 4.29. The Hall–Kier alpha value is -1.45. The number of anilines is 1. The Morgan fingerprint density at radius 3 is 2.75 bits per heavy atom. The molecule has 5 nitrogen and oxygen atoms in total. The van der Waals surface area contributed by atoms with Crippen molar-refractivity contribution in [2.24, 2.45) is 10.7 Å². The van der Waals surface area contributed by atoms with Crippen LogP contribution in [-0.4, -0.2) is 24.5 Å².